The fourth-order valence-electron chi connectivity index (χ4n) is 2.52. The first-order valence-corrected chi connectivity index (χ1v) is 6.91. The van der Waals surface area contributed by atoms with Crippen LogP contribution in [0.25, 0.3) is 11.0 Å². The smallest absolute Gasteiger partial charge is 0.280 e. The summed E-state index contributed by atoms with van der Waals surface area (Å²) in [4.78, 5) is 25.6. The standard InChI is InChI=1S/C16H16N4O/c1-11(2)15(13-6-3-4-8-17-13)20-10-19-12-7-5-9-18-14(12)16(20)21/h3-11,15H,1-2H3/t15-/m1/s1. The molecule has 3 heterocycles. The Labute approximate surface area is 122 Å². The van der Waals surface area contributed by atoms with Gasteiger partial charge in [0.2, 0.25) is 0 Å². The van der Waals surface area contributed by atoms with Gasteiger partial charge in [-0.1, -0.05) is 19.9 Å². The minimum atomic E-state index is -0.155. The van der Waals surface area contributed by atoms with Crippen LogP contribution in [-0.2, 0) is 0 Å². The van der Waals surface area contributed by atoms with Crippen molar-refractivity contribution in [3.8, 4) is 0 Å². The molecule has 0 aliphatic carbocycles. The molecule has 3 aromatic heterocycles. The number of hydrogen-bond donors (Lipinski definition) is 0. The second-order valence-corrected chi connectivity index (χ2v) is 5.27. The summed E-state index contributed by atoms with van der Waals surface area (Å²) < 4.78 is 1.63. The Morgan fingerprint density at radius 3 is 2.52 bits per heavy atom. The maximum absolute atomic E-state index is 12.7. The molecule has 21 heavy (non-hydrogen) atoms. The predicted molar refractivity (Wildman–Crippen MR) is 81.0 cm³/mol. The van der Waals surface area contributed by atoms with Crippen LogP contribution < -0.4 is 5.56 Å². The molecule has 0 saturated carbocycles. The highest BCUT2D eigenvalue weighted by Gasteiger charge is 2.21. The van der Waals surface area contributed by atoms with E-state index in [2.05, 4.69) is 28.8 Å². The van der Waals surface area contributed by atoms with E-state index in [4.69, 9.17) is 0 Å². The van der Waals surface area contributed by atoms with Crippen LogP contribution in [0.1, 0.15) is 25.6 Å². The van der Waals surface area contributed by atoms with E-state index in [1.54, 1.807) is 35.4 Å². The average Bonchev–Trinajstić information content (AvgIpc) is 2.51. The molecule has 0 fully saturated rings. The Morgan fingerprint density at radius 1 is 1.00 bits per heavy atom. The van der Waals surface area contributed by atoms with E-state index in [0.29, 0.717) is 11.0 Å². The molecule has 0 N–H and O–H groups in total. The molecule has 0 saturated heterocycles. The number of pyridine rings is 2. The van der Waals surface area contributed by atoms with Crippen LogP contribution >= 0.6 is 0 Å². The highest BCUT2D eigenvalue weighted by atomic mass is 16.1. The largest absolute Gasteiger partial charge is 0.288 e. The number of fused-ring (bicyclic) bond motifs is 1. The van der Waals surface area contributed by atoms with Gasteiger partial charge in [0.15, 0.2) is 5.52 Å². The van der Waals surface area contributed by atoms with Crippen molar-refractivity contribution >= 4 is 11.0 Å². The number of aromatic nitrogens is 4. The van der Waals surface area contributed by atoms with E-state index >= 15 is 0 Å². The molecule has 5 heteroatoms. The minimum Gasteiger partial charge on any atom is -0.288 e. The number of rotatable bonds is 3. The third-order valence-corrected chi connectivity index (χ3v) is 3.47. The van der Waals surface area contributed by atoms with Gasteiger partial charge in [0.1, 0.15) is 0 Å². The van der Waals surface area contributed by atoms with Crippen LogP contribution in [0.4, 0.5) is 0 Å². The lowest BCUT2D eigenvalue weighted by atomic mass is 10.00. The van der Waals surface area contributed by atoms with Gasteiger partial charge < -0.3 is 0 Å². The molecule has 0 radical (unpaired) electrons. The minimum absolute atomic E-state index is 0.134. The van der Waals surface area contributed by atoms with Gasteiger partial charge in [0, 0.05) is 12.4 Å². The van der Waals surface area contributed by atoms with E-state index in [-0.39, 0.29) is 17.5 Å². The van der Waals surface area contributed by atoms with Crippen LogP contribution in [0.3, 0.4) is 0 Å². The van der Waals surface area contributed by atoms with Crippen LogP contribution in [0, 0.1) is 5.92 Å². The summed E-state index contributed by atoms with van der Waals surface area (Å²) in [7, 11) is 0. The lowest BCUT2D eigenvalue weighted by molar-refractivity contribution is 0.415. The highest BCUT2D eigenvalue weighted by molar-refractivity contribution is 5.71. The Hall–Kier alpha value is -2.56. The zero-order valence-electron chi connectivity index (χ0n) is 12.0. The molecule has 3 rings (SSSR count). The Balaban J connectivity index is 2.21. The number of hydrogen-bond acceptors (Lipinski definition) is 4. The first-order chi connectivity index (χ1) is 10.2. The summed E-state index contributed by atoms with van der Waals surface area (Å²) >= 11 is 0. The summed E-state index contributed by atoms with van der Waals surface area (Å²) in [5, 5.41) is 0. The molecule has 5 nitrogen and oxygen atoms in total. The lowest BCUT2D eigenvalue weighted by Gasteiger charge is -2.22. The summed E-state index contributed by atoms with van der Waals surface area (Å²) in [6, 6.07) is 9.13. The van der Waals surface area contributed by atoms with Crippen molar-refractivity contribution in [2.45, 2.75) is 19.9 Å². The van der Waals surface area contributed by atoms with E-state index in [1.165, 1.54) is 0 Å². The highest BCUT2D eigenvalue weighted by Crippen LogP contribution is 2.23. The maximum Gasteiger partial charge on any atom is 0.280 e. The van der Waals surface area contributed by atoms with Gasteiger partial charge in [-0.05, 0) is 30.2 Å². The molecule has 0 amide bonds. The van der Waals surface area contributed by atoms with Gasteiger partial charge in [-0.15, -0.1) is 0 Å². The van der Waals surface area contributed by atoms with Gasteiger partial charge >= 0.3 is 0 Å². The van der Waals surface area contributed by atoms with Crippen molar-refractivity contribution < 1.29 is 0 Å². The topological polar surface area (TPSA) is 60.7 Å². The third-order valence-electron chi connectivity index (χ3n) is 3.47. The quantitative estimate of drug-likeness (QED) is 0.739. The summed E-state index contributed by atoms with van der Waals surface area (Å²) in [5.74, 6) is 0.209. The van der Waals surface area contributed by atoms with E-state index < -0.39 is 0 Å². The zero-order valence-corrected chi connectivity index (χ0v) is 12.0. The van der Waals surface area contributed by atoms with Gasteiger partial charge in [-0.2, -0.15) is 0 Å². The molecule has 106 valence electrons. The third kappa shape index (κ3) is 2.42. The maximum atomic E-state index is 12.7. The van der Waals surface area contributed by atoms with Crippen LogP contribution in [-0.4, -0.2) is 19.5 Å². The van der Waals surface area contributed by atoms with Crippen molar-refractivity contribution in [1.29, 1.82) is 0 Å². The Bertz CT molecular complexity index is 811. The molecule has 0 spiro atoms. The van der Waals surface area contributed by atoms with Gasteiger partial charge in [-0.3, -0.25) is 14.3 Å². The molecule has 0 aliphatic heterocycles. The van der Waals surface area contributed by atoms with Crippen molar-refractivity contribution in [3.63, 3.8) is 0 Å². The molecular formula is C16H16N4O. The van der Waals surface area contributed by atoms with E-state index in [0.717, 1.165) is 5.69 Å². The van der Waals surface area contributed by atoms with Crippen LogP contribution in [0.2, 0.25) is 0 Å². The fourth-order valence-corrected chi connectivity index (χ4v) is 2.52. The average molecular weight is 280 g/mol. The predicted octanol–water partition coefficient (Wildman–Crippen LogP) is 2.43. The second-order valence-electron chi connectivity index (χ2n) is 5.27. The molecule has 0 aliphatic rings. The Morgan fingerprint density at radius 2 is 1.81 bits per heavy atom. The first-order valence-electron chi connectivity index (χ1n) is 6.91. The van der Waals surface area contributed by atoms with E-state index in [9.17, 15) is 4.79 Å². The monoisotopic (exact) mass is 280 g/mol. The fraction of sp³-hybridized carbons (Fsp3) is 0.250. The summed E-state index contributed by atoms with van der Waals surface area (Å²) in [5.41, 5.74) is 1.72. The van der Waals surface area contributed by atoms with Gasteiger partial charge in [0.25, 0.3) is 5.56 Å². The normalized spacial score (nSPS) is 12.7. The first kappa shape index (κ1) is 13.4. The van der Waals surface area contributed by atoms with Crippen molar-refractivity contribution in [1.82, 2.24) is 19.5 Å². The second kappa shape index (κ2) is 5.44. The molecular weight excluding hydrogens is 264 g/mol. The molecule has 0 bridgehead atoms. The number of nitrogens with zero attached hydrogens (tertiary/aromatic N) is 4. The van der Waals surface area contributed by atoms with Crippen molar-refractivity contribution in [3.05, 3.63) is 65.1 Å². The Kier molecular flexibility index (Phi) is 3.48. The van der Waals surface area contributed by atoms with Crippen molar-refractivity contribution in [2.24, 2.45) is 5.92 Å². The molecule has 0 unspecified atom stereocenters. The molecule has 0 aromatic carbocycles. The SMILES string of the molecule is CC(C)[C@H](c1ccccn1)n1cnc2cccnc2c1=O. The lowest BCUT2D eigenvalue weighted by Crippen LogP contribution is -2.30. The van der Waals surface area contributed by atoms with Gasteiger partial charge in [0.05, 0.1) is 23.6 Å². The molecule has 3 aromatic rings. The summed E-state index contributed by atoms with van der Waals surface area (Å²) in [6.07, 6.45) is 4.94. The van der Waals surface area contributed by atoms with Gasteiger partial charge in [-0.25, -0.2) is 9.97 Å². The summed E-state index contributed by atoms with van der Waals surface area (Å²) in [6.45, 7) is 4.13. The zero-order chi connectivity index (χ0) is 14.8. The van der Waals surface area contributed by atoms with Crippen LogP contribution in [0.15, 0.2) is 53.8 Å². The molecule has 1 atom stereocenters. The van der Waals surface area contributed by atoms with E-state index in [1.807, 2.05) is 18.2 Å². The van der Waals surface area contributed by atoms with Crippen molar-refractivity contribution in [2.75, 3.05) is 0 Å². The van der Waals surface area contributed by atoms with Crippen LogP contribution in [0.5, 0.6) is 0 Å².